The van der Waals surface area contributed by atoms with Crippen LogP contribution in [0.5, 0.6) is 0 Å². The summed E-state index contributed by atoms with van der Waals surface area (Å²) in [6, 6.07) is 7.69. The van der Waals surface area contributed by atoms with Gasteiger partial charge in [0.1, 0.15) is 5.82 Å². The summed E-state index contributed by atoms with van der Waals surface area (Å²) in [7, 11) is -1.49. The molecule has 0 spiro atoms. The Morgan fingerprint density at radius 3 is 2.32 bits per heavy atom. The molecule has 1 amide bonds. The number of carbonyl (C=O) groups excluding carboxylic acids is 1. The van der Waals surface area contributed by atoms with E-state index in [1.807, 2.05) is 24.3 Å². The van der Waals surface area contributed by atoms with Gasteiger partial charge < -0.3 is 21.3 Å². The average Bonchev–Trinajstić information content (AvgIpc) is 2.67. The Kier molecular flexibility index (Phi) is 5.66. The number of nitrogens with one attached hydrogen (secondary N) is 2. The highest BCUT2D eigenvalue weighted by molar-refractivity contribution is 7.88. The molecule has 3 rings (SSSR count). The van der Waals surface area contributed by atoms with Gasteiger partial charge in [0.05, 0.1) is 11.8 Å². The van der Waals surface area contributed by atoms with Crippen molar-refractivity contribution in [2.24, 2.45) is 5.73 Å². The van der Waals surface area contributed by atoms with E-state index >= 15 is 0 Å². The van der Waals surface area contributed by atoms with Crippen molar-refractivity contribution >= 4 is 39.1 Å². The minimum Gasteiger partial charge on any atom is -0.372 e. The summed E-state index contributed by atoms with van der Waals surface area (Å²) in [4.78, 5) is 21.9. The number of nitrogens with two attached hydrogens (primary N) is 1. The van der Waals surface area contributed by atoms with E-state index in [2.05, 4.69) is 25.5 Å². The number of aromatic nitrogens is 2. The predicted octanol–water partition coefficient (Wildman–Crippen LogP) is 0.442. The Labute approximate surface area is 163 Å². The molecule has 1 aliphatic heterocycles. The lowest BCUT2D eigenvalue weighted by Gasteiger charge is -2.34. The van der Waals surface area contributed by atoms with Gasteiger partial charge in [-0.25, -0.2) is 13.4 Å². The fraction of sp³-hybridized carbons (Fsp3) is 0.353. The Morgan fingerprint density at radius 2 is 1.79 bits per heavy atom. The number of benzene rings is 1. The molecule has 1 fully saturated rings. The highest BCUT2D eigenvalue weighted by Crippen LogP contribution is 2.22. The highest BCUT2D eigenvalue weighted by atomic mass is 32.2. The van der Waals surface area contributed by atoms with Gasteiger partial charge in [-0.15, -0.1) is 0 Å². The van der Waals surface area contributed by atoms with Gasteiger partial charge in [-0.3, -0.25) is 4.79 Å². The smallest absolute Gasteiger partial charge is 0.254 e. The first-order valence-corrected chi connectivity index (χ1v) is 10.5. The molecule has 150 valence electrons. The fourth-order valence-corrected chi connectivity index (χ4v) is 3.80. The lowest BCUT2D eigenvalue weighted by Crippen LogP contribution is -2.48. The van der Waals surface area contributed by atoms with E-state index in [0.29, 0.717) is 37.9 Å². The second kappa shape index (κ2) is 7.98. The van der Waals surface area contributed by atoms with Gasteiger partial charge >= 0.3 is 0 Å². The Hall–Kier alpha value is -2.92. The van der Waals surface area contributed by atoms with Crippen molar-refractivity contribution in [3.05, 3.63) is 36.0 Å². The van der Waals surface area contributed by atoms with Gasteiger partial charge in [0.15, 0.2) is 0 Å². The van der Waals surface area contributed by atoms with Crippen LogP contribution < -0.4 is 21.3 Å². The van der Waals surface area contributed by atoms with Crippen molar-refractivity contribution in [1.29, 1.82) is 0 Å². The van der Waals surface area contributed by atoms with Crippen LogP contribution in [0, 0.1) is 0 Å². The zero-order chi connectivity index (χ0) is 20.3. The van der Waals surface area contributed by atoms with Gasteiger partial charge in [0, 0.05) is 50.8 Å². The first-order chi connectivity index (χ1) is 13.3. The van der Waals surface area contributed by atoms with E-state index in [9.17, 15) is 13.2 Å². The van der Waals surface area contributed by atoms with E-state index in [1.54, 1.807) is 7.05 Å². The summed E-state index contributed by atoms with van der Waals surface area (Å²) in [6.45, 7) is 2.24. The number of anilines is 4. The summed E-state index contributed by atoms with van der Waals surface area (Å²) in [6.07, 6.45) is 2.61. The highest BCUT2D eigenvalue weighted by Gasteiger charge is 2.23. The Morgan fingerprint density at radius 1 is 1.14 bits per heavy atom. The number of rotatable bonds is 6. The quantitative estimate of drug-likeness (QED) is 0.630. The zero-order valence-corrected chi connectivity index (χ0v) is 16.5. The minimum absolute atomic E-state index is 0.219. The number of nitrogens with zero attached hydrogens (tertiary/aromatic N) is 4. The third-order valence-electron chi connectivity index (χ3n) is 4.49. The second-order valence-electron chi connectivity index (χ2n) is 6.39. The van der Waals surface area contributed by atoms with Gasteiger partial charge in [-0.2, -0.15) is 9.29 Å². The van der Waals surface area contributed by atoms with Gasteiger partial charge in [-0.1, -0.05) is 0 Å². The maximum absolute atomic E-state index is 11.6. The lowest BCUT2D eigenvalue weighted by molar-refractivity contribution is 0.100. The molecule has 0 radical (unpaired) electrons. The number of sulfonamides is 1. The first-order valence-electron chi connectivity index (χ1n) is 8.69. The number of piperazine rings is 1. The van der Waals surface area contributed by atoms with Crippen molar-refractivity contribution in [2.75, 3.05) is 55.0 Å². The predicted molar refractivity (Wildman–Crippen MR) is 108 cm³/mol. The molecule has 1 aromatic heterocycles. The van der Waals surface area contributed by atoms with Gasteiger partial charge in [0.25, 0.3) is 5.91 Å². The lowest BCUT2D eigenvalue weighted by atomic mass is 10.2. The molecule has 1 saturated heterocycles. The minimum atomic E-state index is -3.14. The molecule has 28 heavy (non-hydrogen) atoms. The van der Waals surface area contributed by atoms with E-state index in [0.717, 1.165) is 11.4 Å². The molecule has 0 unspecified atom stereocenters. The number of hydrogen-bond donors (Lipinski definition) is 3. The normalized spacial score (nSPS) is 15.3. The summed E-state index contributed by atoms with van der Waals surface area (Å²) in [5.41, 5.74) is 7.31. The zero-order valence-electron chi connectivity index (χ0n) is 15.7. The number of hydrogen-bond acceptors (Lipinski definition) is 8. The molecule has 10 nitrogen and oxygen atoms in total. The van der Waals surface area contributed by atoms with Crippen LogP contribution in [0.3, 0.4) is 0 Å². The van der Waals surface area contributed by atoms with Crippen LogP contribution in [0.25, 0.3) is 0 Å². The molecule has 0 bridgehead atoms. The van der Waals surface area contributed by atoms with E-state index < -0.39 is 15.9 Å². The van der Waals surface area contributed by atoms with E-state index in [4.69, 9.17) is 5.73 Å². The SMILES string of the molecule is CNc1nc(Nc2ccc(N3CCN(S(C)(=O)=O)CC3)cc2)ncc1C(N)=O. The van der Waals surface area contributed by atoms with E-state index in [1.165, 1.54) is 16.8 Å². The molecule has 2 heterocycles. The molecule has 1 aliphatic rings. The standard InChI is InChI=1S/C17H23N7O3S/c1-19-16-14(15(18)25)11-20-17(22-16)21-12-3-5-13(6-4-12)23-7-9-24(10-8-23)28(2,26)27/h3-6,11H,7-10H2,1-2H3,(H2,18,25)(H2,19,20,21,22). The van der Waals surface area contributed by atoms with Crippen LogP contribution in [0.15, 0.2) is 30.5 Å². The molecular weight excluding hydrogens is 382 g/mol. The molecule has 11 heteroatoms. The number of carbonyl (C=O) groups is 1. The fourth-order valence-electron chi connectivity index (χ4n) is 2.98. The van der Waals surface area contributed by atoms with Gasteiger partial charge in [0.2, 0.25) is 16.0 Å². The van der Waals surface area contributed by atoms with Crippen LogP contribution in [-0.2, 0) is 10.0 Å². The third kappa shape index (κ3) is 4.49. The van der Waals surface area contributed by atoms with E-state index in [-0.39, 0.29) is 5.56 Å². The molecule has 0 saturated carbocycles. The van der Waals surface area contributed by atoms with Crippen LogP contribution in [0.4, 0.5) is 23.1 Å². The van der Waals surface area contributed by atoms with Gasteiger partial charge in [-0.05, 0) is 24.3 Å². The second-order valence-corrected chi connectivity index (χ2v) is 8.37. The number of primary amides is 1. The van der Waals surface area contributed by atoms with Crippen LogP contribution >= 0.6 is 0 Å². The Balaban J connectivity index is 1.66. The topological polar surface area (TPSA) is 134 Å². The Bertz CT molecular complexity index is 955. The first kappa shape index (κ1) is 19.8. The summed E-state index contributed by atoms with van der Waals surface area (Å²) in [5, 5.41) is 5.91. The van der Waals surface area contributed by atoms with Crippen molar-refractivity contribution in [2.45, 2.75) is 0 Å². The molecule has 4 N–H and O–H groups in total. The monoisotopic (exact) mass is 405 g/mol. The molecule has 1 aromatic carbocycles. The average molecular weight is 405 g/mol. The van der Waals surface area contributed by atoms with Crippen molar-refractivity contribution < 1.29 is 13.2 Å². The molecular formula is C17H23N7O3S. The summed E-state index contributed by atoms with van der Waals surface area (Å²) >= 11 is 0. The molecule has 2 aromatic rings. The molecule has 0 atom stereocenters. The molecule has 0 aliphatic carbocycles. The van der Waals surface area contributed by atoms with Crippen LogP contribution in [-0.4, -0.2) is 68.1 Å². The maximum Gasteiger partial charge on any atom is 0.254 e. The third-order valence-corrected chi connectivity index (χ3v) is 5.79. The summed E-state index contributed by atoms with van der Waals surface area (Å²) in [5.74, 6) is 0.0884. The van der Waals surface area contributed by atoms with Crippen molar-refractivity contribution in [3.8, 4) is 0 Å². The van der Waals surface area contributed by atoms with Crippen molar-refractivity contribution in [1.82, 2.24) is 14.3 Å². The summed E-state index contributed by atoms with van der Waals surface area (Å²) < 4.78 is 24.7. The largest absolute Gasteiger partial charge is 0.372 e. The van der Waals surface area contributed by atoms with Crippen LogP contribution in [0.2, 0.25) is 0 Å². The number of amides is 1. The van der Waals surface area contributed by atoms with Crippen LogP contribution in [0.1, 0.15) is 10.4 Å². The van der Waals surface area contributed by atoms with Crippen molar-refractivity contribution in [3.63, 3.8) is 0 Å². The maximum atomic E-state index is 11.6.